The average molecular weight is 414 g/mol. The molecule has 1 heterocycles. The number of tetrazole rings is 1. The zero-order valence-corrected chi connectivity index (χ0v) is 17.6. The molecule has 0 fully saturated rings. The highest BCUT2D eigenvalue weighted by molar-refractivity contribution is 7.99. The lowest BCUT2D eigenvalue weighted by Gasteiger charge is -2.11. The van der Waals surface area contributed by atoms with Gasteiger partial charge in [-0.2, -0.15) is 4.68 Å². The van der Waals surface area contributed by atoms with Crippen molar-refractivity contribution in [2.75, 3.05) is 25.3 Å². The fraction of sp³-hybridized carbons (Fsp3) is 0.300. The van der Waals surface area contributed by atoms with E-state index in [4.69, 9.17) is 9.47 Å². The maximum atomic E-state index is 12.3. The van der Waals surface area contributed by atoms with Crippen LogP contribution in [0, 0.1) is 0 Å². The molecule has 3 rings (SSSR count). The molecule has 0 aliphatic heterocycles. The van der Waals surface area contributed by atoms with E-state index in [0.29, 0.717) is 28.3 Å². The maximum absolute atomic E-state index is 12.3. The molecule has 1 aromatic heterocycles. The summed E-state index contributed by atoms with van der Waals surface area (Å²) < 4.78 is 12.2. The molecule has 0 atom stereocenters. The molecule has 0 saturated carbocycles. The van der Waals surface area contributed by atoms with Gasteiger partial charge in [0.2, 0.25) is 11.1 Å². The second-order valence-electron chi connectivity index (χ2n) is 6.52. The molecule has 9 heteroatoms. The van der Waals surface area contributed by atoms with Crippen LogP contribution < -0.4 is 14.8 Å². The molecular weight excluding hydrogens is 390 g/mol. The first kappa shape index (κ1) is 20.7. The monoisotopic (exact) mass is 413 g/mol. The van der Waals surface area contributed by atoms with Crippen molar-refractivity contribution in [2.45, 2.75) is 24.9 Å². The van der Waals surface area contributed by atoms with Crippen LogP contribution in [0.4, 0.5) is 5.69 Å². The Hall–Kier alpha value is -3.07. The highest BCUT2D eigenvalue weighted by Crippen LogP contribution is 2.29. The number of ether oxygens (including phenoxy) is 2. The maximum Gasteiger partial charge on any atom is 0.234 e. The predicted octanol–water partition coefficient (Wildman–Crippen LogP) is 3.53. The molecule has 152 valence electrons. The van der Waals surface area contributed by atoms with Crippen LogP contribution in [-0.4, -0.2) is 46.1 Å². The molecule has 0 saturated heterocycles. The number of carbonyl (C=O) groups excluding carboxylic acids is 1. The molecule has 8 nitrogen and oxygen atoms in total. The number of rotatable bonds is 8. The quantitative estimate of drug-likeness (QED) is 0.565. The van der Waals surface area contributed by atoms with Crippen LogP contribution in [0.25, 0.3) is 5.69 Å². The van der Waals surface area contributed by atoms with Crippen LogP contribution in [0.15, 0.2) is 47.6 Å². The summed E-state index contributed by atoms with van der Waals surface area (Å²) in [5.74, 6) is 1.71. The molecule has 2 aromatic carbocycles. The number of hydrogen-bond acceptors (Lipinski definition) is 7. The van der Waals surface area contributed by atoms with Gasteiger partial charge < -0.3 is 14.8 Å². The van der Waals surface area contributed by atoms with Crippen molar-refractivity contribution in [3.05, 3.63) is 48.0 Å². The highest BCUT2D eigenvalue weighted by Gasteiger charge is 2.16. The van der Waals surface area contributed by atoms with Gasteiger partial charge in [-0.25, -0.2) is 0 Å². The Bertz CT molecular complexity index is 973. The Labute approximate surface area is 173 Å². The van der Waals surface area contributed by atoms with Gasteiger partial charge in [-0.15, -0.1) is 5.10 Å². The largest absolute Gasteiger partial charge is 0.497 e. The third-order valence-corrected chi connectivity index (χ3v) is 5.17. The summed E-state index contributed by atoms with van der Waals surface area (Å²) in [5, 5.41) is 15.1. The Morgan fingerprint density at radius 2 is 1.90 bits per heavy atom. The molecule has 0 aliphatic carbocycles. The number of amides is 1. The van der Waals surface area contributed by atoms with Gasteiger partial charge in [-0.05, 0) is 46.2 Å². The van der Waals surface area contributed by atoms with Crippen LogP contribution in [0.2, 0.25) is 0 Å². The van der Waals surface area contributed by atoms with Crippen molar-refractivity contribution in [1.82, 2.24) is 20.2 Å². The molecule has 29 heavy (non-hydrogen) atoms. The molecule has 1 amide bonds. The summed E-state index contributed by atoms with van der Waals surface area (Å²) in [4.78, 5) is 12.3. The number of aromatic nitrogens is 4. The summed E-state index contributed by atoms with van der Waals surface area (Å²) in [5.41, 5.74) is 2.61. The highest BCUT2D eigenvalue weighted by atomic mass is 32.2. The molecule has 0 radical (unpaired) electrons. The van der Waals surface area contributed by atoms with Gasteiger partial charge in [0, 0.05) is 11.8 Å². The average Bonchev–Trinajstić information content (AvgIpc) is 3.20. The molecule has 0 unspecified atom stereocenters. The van der Waals surface area contributed by atoms with E-state index in [9.17, 15) is 4.79 Å². The fourth-order valence-electron chi connectivity index (χ4n) is 2.66. The van der Waals surface area contributed by atoms with E-state index < -0.39 is 0 Å². The number of thioether (sulfide) groups is 1. The Kier molecular flexibility index (Phi) is 6.71. The Morgan fingerprint density at radius 3 is 2.55 bits per heavy atom. The second kappa shape index (κ2) is 9.42. The standard InChI is InChI=1S/C20H23N5O3S/c1-13(2)14-5-7-15(8-6-14)21-19(26)12-29-20-22-23-24-25(20)17-11-16(27-3)9-10-18(17)28-4/h5-11,13H,12H2,1-4H3,(H,21,26). The van der Waals surface area contributed by atoms with Crippen LogP contribution in [0.3, 0.4) is 0 Å². The van der Waals surface area contributed by atoms with Crippen molar-refractivity contribution in [3.8, 4) is 17.2 Å². The summed E-state index contributed by atoms with van der Waals surface area (Å²) in [6.45, 7) is 4.26. The molecule has 0 aliphatic rings. The van der Waals surface area contributed by atoms with E-state index in [-0.39, 0.29) is 11.7 Å². The van der Waals surface area contributed by atoms with E-state index in [1.165, 1.54) is 22.0 Å². The number of nitrogens with one attached hydrogen (secondary N) is 1. The lowest BCUT2D eigenvalue weighted by atomic mass is 10.0. The van der Waals surface area contributed by atoms with Crippen LogP contribution >= 0.6 is 11.8 Å². The molecule has 0 bridgehead atoms. The van der Waals surface area contributed by atoms with Crippen LogP contribution in [0.1, 0.15) is 25.3 Å². The number of benzene rings is 2. The number of anilines is 1. The van der Waals surface area contributed by atoms with E-state index in [2.05, 4.69) is 34.7 Å². The predicted molar refractivity (Wildman–Crippen MR) is 112 cm³/mol. The number of methoxy groups -OCH3 is 2. The summed E-state index contributed by atoms with van der Waals surface area (Å²) in [7, 11) is 3.15. The van der Waals surface area contributed by atoms with Gasteiger partial charge in [0.1, 0.15) is 17.2 Å². The SMILES string of the molecule is COc1ccc(OC)c(-n2nnnc2SCC(=O)Nc2ccc(C(C)C)cc2)c1. The van der Waals surface area contributed by atoms with Crippen molar-refractivity contribution in [1.29, 1.82) is 0 Å². The van der Waals surface area contributed by atoms with Gasteiger partial charge in [0.15, 0.2) is 0 Å². The number of nitrogens with zero attached hydrogens (tertiary/aromatic N) is 4. The van der Waals surface area contributed by atoms with E-state index in [0.717, 1.165) is 5.69 Å². The van der Waals surface area contributed by atoms with Gasteiger partial charge in [-0.1, -0.05) is 37.7 Å². The first-order valence-corrected chi connectivity index (χ1v) is 10.0. The Balaban J connectivity index is 1.68. The van der Waals surface area contributed by atoms with Gasteiger partial charge in [0.05, 0.1) is 20.0 Å². The second-order valence-corrected chi connectivity index (χ2v) is 7.47. The zero-order valence-electron chi connectivity index (χ0n) is 16.7. The molecular formula is C20H23N5O3S. The van der Waals surface area contributed by atoms with E-state index in [1.807, 2.05) is 24.3 Å². The fourth-order valence-corrected chi connectivity index (χ4v) is 3.34. The summed E-state index contributed by atoms with van der Waals surface area (Å²) in [6.07, 6.45) is 0. The third-order valence-electron chi connectivity index (χ3n) is 4.25. The zero-order chi connectivity index (χ0) is 20.8. The first-order valence-electron chi connectivity index (χ1n) is 9.05. The van der Waals surface area contributed by atoms with Crippen molar-refractivity contribution < 1.29 is 14.3 Å². The normalized spacial score (nSPS) is 10.8. The Morgan fingerprint density at radius 1 is 1.14 bits per heavy atom. The topological polar surface area (TPSA) is 91.2 Å². The number of hydrogen-bond donors (Lipinski definition) is 1. The minimum absolute atomic E-state index is 0.139. The van der Waals surface area contributed by atoms with Crippen molar-refractivity contribution in [2.24, 2.45) is 0 Å². The van der Waals surface area contributed by atoms with Crippen LogP contribution in [0.5, 0.6) is 11.5 Å². The molecule has 3 aromatic rings. The third kappa shape index (κ3) is 5.05. The molecule has 0 spiro atoms. The smallest absolute Gasteiger partial charge is 0.234 e. The minimum atomic E-state index is -0.139. The van der Waals surface area contributed by atoms with E-state index in [1.54, 1.807) is 32.4 Å². The molecule has 1 N–H and O–H groups in total. The lowest BCUT2D eigenvalue weighted by Crippen LogP contribution is -2.14. The minimum Gasteiger partial charge on any atom is -0.497 e. The van der Waals surface area contributed by atoms with Gasteiger partial charge >= 0.3 is 0 Å². The van der Waals surface area contributed by atoms with E-state index >= 15 is 0 Å². The van der Waals surface area contributed by atoms with Crippen molar-refractivity contribution in [3.63, 3.8) is 0 Å². The number of carbonyl (C=O) groups is 1. The first-order chi connectivity index (χ1) is 14.0. The van der Waals surface area contributed by atoms with Gasteiger partial charge in [-0.3, -0.25) is 4.79 Å². The summed E-state index contributed by atoms with van der Waals surface area (Å²) >= 11 is 1.24. The summed E-state index contributed by atoms with van der Waals surface area (Å²) in [6, 6.07) is 13.2. The van der Waals surface area contributed by atoms with Gasteiger partial charge in [0.25, 0.3) is 0 Å². The van der Waals surface area contributed by atoms with Crippen LogP contribution in [-0.2, 0) is 4.79 Å². The van der Waals surface area contributed by atoms with Crippen molar-refractivity contribution >= 4 is 23.4 Å². The lowest BCUT2D eigenvalue weighted by molar-refractivity contribution is -0.113.